The van der Waals surface area contributed by atoms with E-state index in [4.69, 9.17) is 11.6 Å². The third-order valence-electron chi connectivity index (χ3n) is 5.13. The van der Waals surface area contributed by atoms with E-state index in [1.54, 1.807) is 47.7 Å². The molecule has 0 unspecified atom stereocenters. The van der Waals surface area contributed by atoms with Gasteiger partial charge in [-0.25, -0.2) is 8.42 Å². The molecule has 0 aliphatic carbocycles. The standard InChI is InChI=1S/C22H22ClN3O3S2/c23-18-5-7-19(8-6-18)24-31(28,29)21-9-3-17(4-10-21)22(27)26-13-11-25(12-14-26)16-20-2-1-15-30-20/h1-10,15,24H,11-14,16H2. The Hall–Kier alpha value is -2.39. The number of nitrogens with one attached hydrogen (secondary N) is 1. The number of anilines is 1. The third-order valence-corrected chi connectivity index (χ3v) is 7.64. The first-order valence-electron chi connectivity index (χ1n) is 9.83. The maximum Gasteiger partial charge on any atom is 0.261 e. The first kappa shape index (κ1) is 21.8. The lowest BCUT2D eigenvalue weighted by Crippen LogP contribution is -2.48. The van der Waals surface area contributed by atoms with E-state index >= 15 is 0 Å². The van der Waals surface area contributed by atoms with E-state index in [9.17, 15) is 13.2 Å². The summed E-state index contributed by atoms with van der Waals surface area (Å²) in [5.41, 5.74) is 0.905. The molecule has 4 rings (SSSR count). The van der Waals surface area contributed by atoms with E-state index in [0.717, 1.165) is 19.6 Å². The van der Waals surface area contributed by atoms with Gasteiger partial charge in [-0.1, -0.05) is 17.7 Å². The fourth-order valence-corrected chi connectivity index (χ4v) is 5.35. The van der Waals surface area contributed by atoms with Crippen molar-refractivity contribution in [2.45, 2.75) is 11.4 Å². The smallest absolute Gasteiger partial charge is 0.261 e. The van der Waals surface area contributed by atoms with Crippen LogP contribution in [0, 0.1) is 0 Å². The van der Waals surface area contributed by atoms with E-state index in [2.05, 4.69) is 27.1 Å². The number of thiophene rings is 1. The molecule has 0 radical (unpaired) electrons. The minimum atomic E-state index is -3.75. The van der Waals surface area contributed by atoms with Gasteiger partial charge in [0.1, 0.15) is 0 Å². The summed E-state index contributed by atoms with van der Waals surface area (Å²) in [6.45, 7) is 3.86. The number of carbonyl (C=O) groups is 1. The SMILES string of the molecule is O=C(c1ccc(S(=O)(=O)Nc2ccc(Cl)cc2)cc1)N1CCN(Cc2cccs2)CC1. The highest BCUT2D eigenvalue weighted by molar-refractivity contribution is 7.92. The summed E-state index contributed by atoms with van der Waals surface area (Å²) in [7, 11) is -3.75. The average Bonchev–Trinajstić information content (AvgIpc) is 3.28. The van der Waals surface area contributed by atoms with Gasteiger partial charge in [-0.15, -0.1) is 11.3 Å². The van der Waals surface area contributed by atoms with Crippen molar-refractivity contribution in [2.24, 2.45) is 0 Å². The Morgan fingerprint density at radius 2 is 1.65 bits per heavy atom. The molecule has 6 nitrogen and oxygen atoms in total. The molecule has 31 heavy (non-hydrogen) atoms. The molecule has 0 spiro atoms. The molecule has 1 aromatic heterocycles. The van der Waals surface area contributed by atoms with Crippen molar-refractivity contribution in [1.82, 2.24) is 9.80 Å². The Morgan fingerprint density at radius 1 is 0.968 bits per heavy atom. The van der Waals surface area contributed by atoms with Crippen molar-refractivity contribution in [2.75, 3.05) is 30.9 Å². The summed E-state index contributed by atoms with van der Waals surface area (Å²) in [5.74, 6) is -0.0783. The monoisotopic (exact) mass is 475 g/mol. The quantitative estimate of drug-likeness (QED) is 0.581. The molecule has 1 aliphatic heterocycles. The normalized spacial score (nSPS) is 15.1. The first-order valence-corrected chi connectivity index (χ1v) is 12.6. The Kier molecular flexibility index (Phi) is 6.62. The molecule has 0 saturated carbocycles. The molecule has 1 N–H and O–H groups in total. The lowest BCUT2D eigenvalue weighted by molar-refractivity contribution is 0.0629. The van der Waals surface area contributed by atoms with Crippen LogP contribution in [0.2, 0.25) is 5.02 Å². The molecule has 1 fully saturated rings. The molecule has 1 amide bonds. The molecule has 0 bridgehead atoms. The summed E-state index contributed by atoms with van der Waals surface area (Å²) in [4.78, 5) is 18.4. The predicted molar refractivity (Wildman–Crippen MR) is 124 cm³/mol. The zero-order chi connectivity index (χ0) is 21.8. The zero-order valence-electron chi connectivity index (χ0n) is 16.7. The summed E-state index contributed by atoms with van der Waals surface area (Å²) >= 11 is 7.58. The molecular weight excluding hydrogens is 454 g/mol. The molecule has 2 aromatic carbocycles. The lowest BCUT2D eigenvalue weighted by atomic mass is 10.2. The fourth-order valence-electron chi connectivity index (χ4n) is 3.42. The Balaban J connectivity index is 1.36. The van der Waals surface area contributed by atoms with Crippen molar-refractivity contribution in [3.05, 3.63) is 81.5 Å². The number of sulfonamides is 1. The second-order valence-corrected chi connectivity index (χ2v) is 10.4. The van der Waals surface area contributed by atoms with Crippen LogP contribution in [0.1, 0.15) is 15.2 Å². The molecule has 162 valence electrons. The van der Waals surface area contributed by atoms with Crippen LogP contribution in [0.3, 0.4) is 0 Å². The van der Waals surface area contributed by atoms with E-state index in [-0.39, 0.29) is 10.8 Å². The van der Waals surface area contributed by atoms with E-state index in [1.807, 2.05) is 4.90 Å². The Morgan fingerprint density at radius 3 is 2.26 bits per heavy atom. The summed E-state index contributed by atoms with van der Waals surface area (Å²) < 4.78 is 27.7. The van der Waals surface area contributed by atoms with Crippen LogP contribution in [0.25, 0.3) is 0 Å². The second-order valence-electron chi connectivity index (χ2n) is 7.28. The van der Waals surface area contributed by atoms with Crippen LogP contribution in [-0.2, 0) is 16.6 Å². The molecule has 0 atom stereocenters. The minimum Gasteiger partial charge on any atom is -0.336 e. The van der Waals surface area contributed by atoms with E-state index in [0.29, 0.717) is 29.4 Å². The van der Waals surface area contributed by atoms with Gasteiger partial charge >= 0.3 is 0 Å². The van der Waals surface area contributed by atoms with Gasteiger partial charge in [0.15, 0.2) is 0 Å². The second kappa shape index (κ2) is 9.40. The largest absolute Gasteiger partial charge is 0.336 e. The van der Waals surface area contributed by atoms with Crippen molar-refractivity contribution < 1.29 is 13.2 Å². The lowest BCUT2D eigenvalue weighted by Gasteiger charge is -2.34. The van der Waals surface area contributed by atoms with Gasteiger partial charge in [-0.3, -0.25) is 14.4 Å². The summed E-state index contributed by atoms with van der Waals surface area (Å²) in [6, 6.07) is 16.6. The Bertz CT molecular complexity index is 1120. The molecular formula is C22H22ClN3O3S2. The van der Waals surface area contributed by atoms with Crippen molar-refractivity contribution in [1.29, 1.82) is 0 Å². The van der Waals surface area contributed by atoms with Crippen LogP contribution < -0.4 is 4.72 Å². The van der Waals surface area contributed by atoms with Gasteiger partial charge in [0.25, 0.3) is 15.9 Å². The number of hydrogen-bond donors (Lipinski definition) is 1. The fraction of sp³-hybridized carbons (Fsp3) is 0.227. The number of halogens is 1. The van der Waals surface area contributed by atoms with Crippen LogP contribution in [0.5, 0.6) is 0 Å². The summed E-state index contributed by atoms with van der Waals surface area (Å²) in [6.07, 6.45) is 0. The van der Waals surface area contributed by atoms with Crippen LogP contribution in [0.4, 0.5) is 5.69 Å². The highest BCUT2D eigenvalue weighted by atomic mass is 35.5. The number of amides is 1. The highest BCUT2D eigenvalue weighted by Gasteiger charge is 2.23. The number of benzene rings is 2. The summed E-state index contributed by atoms with van der Waals surface area (Å²) in [5, 5.41) is 2.60. The zero-order valence-corrected chi connectivity index (χ0v) is 19.1. The highest BCUT2D eigenvalue weighted by Crippen LogP contribution is 2.20. The third kappa shape index (κ3) is 5.46. The predicted octanol–water partition coefficient (Wildman–Crippen LogP) is 4.16. The van der Waals surface area contributed by atoms with Gasteiger partial charge in [-0.2, -0.15) is 0 Å². The molecule has 3 aromatic rings. The van der Waals surface area contributed by atoms with Crippen LogP contribution in [0.15, 0.2) is 70.9 Å². The number of carbonyl (C=O) groups excluding carboxylic acids is 1. The number of hydrogen-bond acceptors (Lipinski definition) is 5. The molecule has 1 saturated heterocycles. The van der Waals surface area contributed by atoms with Gasteiger partial charge in [0.05, 0.1) is 4.90 Å². The van der Waals surface area contributed by atoms with Crippen molar-refractivity contribution in [3.63, 3.8) is 0 Å². The van der Waals surface area contributed by atoms with Crippen molar-refractivity contribution in [3.8, 4) is 0 Å². The number of nitrogens with zero attached hydrogens (tertiary/aromatic N) is 2. The topological polar surface area (TPSA) is 69.7 Å². The van der Waals surface area contributed by atoms with Crippen LogP contribution >= 0.6 is 22.9 Å². The molecule has 1 aliphatic rings. The molecule has 2 heterocycles. The minimum absolute atomic E-state index is 0.0783. The van der Waals surface area contributed by atoms with E-state index in [1.165, 1.54) is 17.0 Å². The molecule has 9 heteroatoms. The number of rotatable bonds is 6. The first-order chi connectivity index (χ1) is 14.9. The van der Waals surface area contributed by atoms with Gasteiger partial charge in [0, 0.05) is 53.9 Å². The van der Waals surface area contributed by atoms with Crippen molar-refractivity contribution >= 4 is 44.6 Å². The maximum atomic E-state index is 12.8. The average molecular weight is 476 g/mol. The van der Waals surface area contributed by atoms with Gasteiger partial charge in [-0.05, 0) is 60.0 Å². The van der Waals surface area contributed by atoms with E-state index < -0.39 is 10.0 Å². The van der Waals surface area contributed by atoms with Gasteiger partial charge in [0.2, 0.25) is 0 Å². The maximum absolute atomic E-state index is 12.8. The Labute approximate surface area is 191 Å². The van der Waals surface area contributed by atoms with Gasteiger partial charge < -0.3 is 4.90 Å². The number of piperazine rings is 1. The van der Waals surface area contributed by atoms with Crippen LogP contribution in [-0.4, -0.2) is 50.3 Å².